The van der Waals surface area contributed by atoms with E-state index in [0.29, 0.717) is 19.5 Å². The summed E-state index contributed by atoms with van der Waals surface area (Å²) in [6.45, 7) is 1.29. The van der Waals surface area contributed by atoms with E-state index >= 15 is 0 Å². The summed E-state index contributed by atoms with van der Waals surface area (Å²) in [5.41, 5.74) is -0.135. The summed E-state index contributed by atoms with van der Waals surface area (Å²) in [4.78, 5) is 26.4. The first-order chi connectivity index (χ1) is 9.65. The molecule has 20 heavy (non-hydrogen) atoms. The van der Waals surface area contributed by atoms with Crippen molar-refractivity contribution in [3.05, 3.63) is 35.2 Å². The van der Waals surface area contributed by atoms with Crippen molar-refractivity contribution in [2.45, 2.75) is 18.4 Å². The number of likely N-dealkylation sites (tertiary alicyclic amines) is 1. The monoisotopic (exact) mass is 286 g/mol. The van der Waals surface area contributed by atoms with Gasteiger partial charge in [-0.15, -0.1) is 11.3 Å². The summed E-state index contributed by atoms with van der Waals surface area (Å²) >= 11 is 1.54. The Kier molecular flexibility index (Phi) is 2.41. The van der Waals surface area contributed by atoms with Crippen molar-refractivity contribution in [2.24, 2.45) is 0 Å². The molecule has 1 aromatic heterocycles. The molecule has 0 atom stereocenters. The second-order valence-electron chi connectivity index (χ2n) is 5.64. The maximum atomic E-state index is 12.4. The van der Waals surface area contributed by atoms with E-state index in [0.717, 1.165) is 21.4 Å². The predicted octanol–water partition coefficient (Wildman–Crippen LogP) is 2.01. The van der Waals surface area contributed by atoms with Crippen LogP contribution >= 0.6 is 11.3 Å². The second-order valence-corrected chi connectivity index (χ2v) is 6.72. The summed E-state index contributed by atoms with van der Waals surface area (Å²) in [5, 5.41) is 4.12. The Hall–Kier alpha value is -1.88. The third kappa shape index (κ3) is 1.73. The van der Waals surface area contributed by atoms with E-state index in [-0.39, 0.29) is 17.4 Å². The van der Waals surface area contributed by atoms with Gasteiger partial charge in [0.05, 0.1) is 10.4 Å². The van der Waals surface area contributed by atoms with Crippen LogP contribution in [0, 0.1) is 0 Å². The molecule has 1 N–H and O–H groups in total. The van der Waals surface area contributed by atoms with E-state index in [2.05, 4.69) is 5.32 Å². The third-order valence-electron chi connectivity index (χ3n) is 4.15. The maximum Gasteiger partial charge on any atom is 0.264 e. The van der Waals surface area contributed by atoms with E-state index in [9.17, 15) is 9.59 Å². The van der Waals surface area contributed by atoms with Gasteiger partial charge in [0.1, 0.15) is 0 Å². The molecule has 0 bridgehead atoms. The SMILES string of the molecule is O=C1CCC2(CN(C(=O)c3cc4ccccc4s3)C2)N1. The summed E-state index contributed by atoms with van der Waals surface area (Å²) in [6.07, 6.45) is 1.44. The molecule has 2 saturated heterocycles. The molecule has 2 aliphatic rings. The molecule has 0 unspecified atom stereocenters. The molecule has 2 aliphatic heterocycles. The highest BCUT2D eigenvalue weighted by atomic mass is 32.1. The fraction of sp³-hybridized carbons (Fsp3) is 0.333. The van der Waals surface area contributed by atoms with Crippen LogP contribution in [-0.2, 0) is 4.79 Å². The highest BCUT2D eigenvalue weighted by Gasteiger charge is 2.49. The van der Waals surface area contributed by atoms with Crippen molar-refractivity contribution < 1.29 is 9.59 Å². The molecule has 2 aromatic rings. The summed E-state index contributed by atoms with van der Waals surface area (Å²) in [6, 6.07) is 9.99. The van der Waals surface area contributed by atoms with Gasteiger partial charge in [-0.25, -0.2) is 0 Å². The molecule has 1 aromatic carbocycles. The number of thiophene rings is 1. The summed E-state index contributed by atoms with van der Waals surface area (Å²) in [5.74, 6) is 0.192. The van der Waals surface area contributed by atoms with Crippen LogP contribution in [0.4, 0.5) is 0 Å². The molecule has 2 fully saturated rings. The lowest BCUT2D eigenvalue weighted by Gasteiger charge is -2.47. The van der Waals surface area contributed by atoms with Gasteiger partial charge in [-0.3, -0.25) is 9.59 Å². The highest BCUT2D eigenvalue weighted by molar-refractivity contribution is 7.20. The molecular weight excluding hydrogens is 272 g/mol. The van der Waals surface area contributed by atoms with Crippen LogP contribution in [0.3, 0.4) is 0 Å². The van der Waals surface area contributed by atoms with Crippen LogP contribution in [-0.4, -0.2) is 35.3 Å². The standard InChI is InChI=1S/C15H14N2O2S/c18-13-5-6-15(16-13)8-17(9-15)14(19)12-7-10-3-1-2-4-11(10)20-12/h1-4,7H,5-6,8-9H2,(H,16,18). The van der Waals surface area contributed by atoms with Crippen LogP contribution in [0.2, 0.25) is 0 Å². The quantitative estimate of drug-likeness (QED) is 0.872. The van der Waals surface area contributed by atoms with E-state index in [1.165, 1.54) is 11.3 Å². The first kappa shape index (κ1) is 11.9. The fourth-order valence-corrected chi connectivity index (χ4v) is 4.11. The molecule has 0 aliphatic carbocycles. The lowest BCUT2D eigenvalue weighted by atomic mass is 9.88. The first-order valence-electron chi connectivity index (χ1n) is 6.74. The Bertz CT molecular complexity index is 682. The Morgan fingerprint density at radius 1 is 1.30 bits per heavy atom. The minimum atomic E-state index is -0.135. The van der Waals surface area contributed by atoms with Crippen molar-refractivity contribution in [2.75, 3.05) is 13.1 Å². The third-order valence-corrected chi connectivity index (χ3v) is 5.25. The van der Waals surface area contributed by atoms with Crippen molar-refractivity contribution in [3.8, 4) is 0 Å². The van der Waals surface area contributed by atoms with Gasteiger partial charge in [-0.2, -0.15) is 0 Å². The van der Waals surface area contributed by atoms with Crippen molar-refractivity contribution in [3.63, 3.8) is 0 Å². The fourth-order valence-electron chi connectivity index (χ4n) is 3.08. The molecule has 3 heterocycles. The average molecular weight is 286 g/mol. The van der Waals surface area contributed by atoms with E-state index in [1.54, 1.807) is 0 Å². The number of carbonyl (C=O) groups excluding carboxylic acids is 2. The van der Waals surface area contributed by atoms with Crippen LogP contribution in [0.5, 0.6) is 0 Å². The normalized spacial score (nSPS) is 20.2. The minimum absolute atomic E-state index is 0.0815. The number of fused-ring (bicyclic) bond motifs is 1. The topological polar surface area (TPSA) is 49.4 Å². The molecule has 5 heteroatoms. The molecule has 0 saturated carbocycles. The maximum absolute atomic E-state index is 12.4. The smallest absolute Gasteiger partial charge is 0.264 e. The first-order valence-corrected chi connectivity index (χ1v) is 7.56. The van der Waals surface area contributed by atoms with Crippen molar-refractivity contribution >= 4 is 33.2 Å². The molecule has 1 spiro atoms. The Balaban J connectivity index is 1.53. The van der Waals surface area contributed by atoms with Crippen molar-refractivity contribution in [1.82, 2.24) is 10.2 Å². The molecule has 4 rings (SSSR count). The number of rotatable bonds is 1. The van der Waals surface area contributed by atoms with E-state index in [4.69, 9.17) is 0 Å². The molecule has 102 valence electrons. The highest BCUT2D eigenvalue weighted by Crippen LogP contribution is 2.33. The zero-order chi connectivity index (χ0) is 13.7. The average Bonchev–Trinajstić information content (AvgIpc) is 2.99. The van der Waals surface area contributed by atoms with E-state index in [1.807, 2.05) is 35.2 Å². The molecule has 4 nitrogen and oxygen atoms in total. The summed E-state index contributed by atoms with van der Waals surface area (Å²) in [7, 11) is 0. The van der Waals surface area contributed by atoms with Crippen LogP contribution in [0.15, 0.2) is 30.3 Å². The van der Waals surface area contributed by atoms with Gasteiger partial charge in [0.2, 0.25) is 5.91 Å². The van der Waals surface area contributed by atoms with E-state index < -0.39 is 0 Å². The number of carbonyl (C=O) groups is 2. The number of hydrogen-bond acceptors (Lipinski definition) is 3. The number of hydrogen-bond donors (Lipinski definition) is 1. The Morgan fingerprint density at radius 2 is 2.10 bits per heavy atom. The van der Waals surface area contributed by atoms with Gasteiger partial charge in [0.15, 0.2) is 0 Å². The Morgan fingerprint density at radius 3 is 2.80 bits per heavy atom. The molecule has 0 radical (unpaired) electrons. The zero-order valence-corrected chi connectivity index (χ0v) is 11.7. The number of nitrogens with one attached hydrogen (secondary N) is 1. The molecule has 2 amide bonds. The second kappa shape index (κ2) is 4.06. The van der Waals surface area contributed by atoms with Crippen LogP contribution in [0.1, 0.15) is 22.5 Å². The summed E-state index contributed by atoms with van der Waals surface area (Å²) < 4.78 is 1.14. The largest absolute Gasteiger partial charge is 0.347 e. The van der Waals surface area contributed by atoms with Gasteiger partial charge in [0.25, 0.3) is 5.91 Å². The van der Waals surface area contributed by atoms with Gasteiger partial charge in [0, 0.05) is 24.2 Å². The lowest BCUT2D eigenvalue weighted by molar-refractivity contribution is -0.120. The van der Waals surface area contributed by atoms with Gasteiger partial charge in [-0.05, 0) is 23.9 Å². The van der Waals surface area contributed by atoms with Crippen LogP contribution in [0.25, 0.3) is 10.1 Å². The van der Waals surface area contributed by atoms with Crippen molar-refractivity contribution in [1.29, 1.82) is 0 Å². The number of amides is 2. The van der Waals surface area contributed by atoms with Crippen LogP contribution < -0.4 is 5.32 Å². The Labute approximate surface area is 120 Å². The lowest BCUT2D eigenvalue weighted by Crippen LogP contribution is -2.68. The number of benzene rings is 1. The minimum Gasteiger partial charge on any atom is -0.347 e. The van der Waals surface area contributed by atoms with Gasteiger partial charge in [-0.1, -0.05) is 18.2 Å². The zero-order valence-electron chi connectivity index (χ0n) is 10.9. The van der Waals surface area contributed by atoms with Gasteiger partial charge >= 0.3 is 0 Å². The number of nitrogens with zero attached hydrogens (tertiary/aromatic N) is 1. The van der Waals surface area contributed by atoms with Gasteiger partial charge < -0.3 is 10.2 Å². The predicted molar refractivity (Wildman–Crippen MR) is 77.8 cm³/mol. The molecular formula is C15H14N2O2S.